The number of thiocarbonyl (C=S) groups is 1. The molecular formula is C14H10BrCl3FN3O2S. The highest BCUT2D eigenvalue weighted by atomic mass is 79.9. The van der Waals surface area contributed by atoms with E-state index in [1.54, 1.807) is 6.07 Å². The number of carbonyl (C=O) groups excluding carboxylic acids is 1. The van der Waals surface area contributed by atoms with Gasteiger partial charge in [-0.2, -0.15) is 0 Å². The van der Waals surface area contributed by atoms with Crippen LogP contribution in [0.25, 0.3) is 0 Å². The predicted molar refractivity (Wildman–Crippen MR) is 104 cm³/mol. The summed E-state index contributed by atoms with van der Waals surface area (Å²) in [6.45, 7) is 0. The van der Waals surface area contributed by atoms with Gasteiger partial charge in [0.2, 0.25) is 3.79 Å². The highest BCUT2D eigenvalue weighted by molar-refractivity contribution is 9.10. The number of hydrogen-bond donors (Lipinski definition) is 3. The van der Waals surface area contributed by atoms with Crippen LogP contribution in [-0.2, 0) is 0 Å². The van der Waals surface area contributed by atoms with Crippen LogP contribution >= 0.6 is 63.0 Å². The smallest absolute Gasteiger partial charge is 0.288 e. The molecule has 0 aliphatic carbocycles. The lowest BCUT2D eigenvalue weighted by Crippen LogP contribution is -2.56. The van der Waals surface area contributed by atoms with E-state index in [2.05, 4.69) is 31.9 Å². The average molecular weight is 490 g/mol. The van der Waals surface area contributed by atoms with Gasteiger partial charge in [-0.15, -0.1) is 0 Å². The lowest BCUT2D eigenvalue weighted by Gasteiger charge is -2.27. The van der Waals surface area contributed by atoms with Gasteiger partial charge < -0.3 is 20.4 Å². The molecule has 0 spiro atoms. The Morgan fingerprint density at radius 3 is 2.32 bits per heavy atom. The summed E-state index contributed by atoms with van der Waals surface area (Å²) in [6, 6.07) is 8.47. The van der Waals surface area contributed by atoms with Gasteiger partial charge in [0.25, 0.3) is 5.91 Å². The van der Waals surface area contributed by atoms with Crippen molar-refractivity contribution in [3.8, 4) is 0 Å². The highest BCUT2D eigenvalue weighted by Crippen LogP contribution is 2.29. The lowest BCUT2D eigenvalue weighted by atomic mass is 10.3. The van der Waals surface area contributed by atoms with Crippen LogP contribution in [-0.4, -0.2) is 21.0 Å². The zero-order valence-electron chi connectivity index (χ0n) is 12.2. The number of furan rings is 1. The molecule has 25 heavy (non-hydrogen) atoms. The van der Waals surface area contributed by atoms with E-state index in [0.29, 0.717) is 10.4 Å². The molecule has 1 amide bonds. The number of rotatable bonds is 4. The fourth-order valence-electron chi connectivity index (χ4n) is 1.67. The highest BCUT2D eigenvalue weighted by Gasteiger charge is 2.35. The standard InChI is InChI=1S/C14H10BrCl3FN3O2S/c15-10-6-5-9(24-10)11(23)21-12(14(16,17)18)22-13(25)20-8-3-1-7(19)2-4-8/h1-6,12H,(H,21,23)(H2,20,22,25)/t12-/m0/s1. The number of hydrogen-bond acceptors (Lipinski definition) is 3. The second kappa shape index (κ2) is 8.55. The number of halogens is 5. The van der Waals surface area contributed by atoms with Gasteiger partial charge in [-0.1, -0.05) is 34.8 Å². The molecular weight excluding hydrogens is 480 g/mol. The monoisotopic (exact) mass is 487 g/mol. The molecule has 0 aliphatic heterocycles. The van der Waals surface area contributed by atoms with Crippen molar-refractivity contribution in [3.63, 3.8) is 0 Å². The number of alkyl halides is 3. The summed E-state index contributed by atoms with van der Waals surface area (Å²) in [4.78, 5) is 12.1. The lowest BCUT2D eigenvalue weighted by molar-refractivity contribution is 0.0905. The van der Waals surface area contributed by atoms with E-state index in [1.807, 2.05) is 0 Å². The molecule has 0 saturated heterocycles. The van der Waals surface area contributed by atoms with Crippen LogP contribution in [0.3, 0.4) is 0 Å². The topological polar surface area (TPSA) is 66.3 Å². The molecule has 1 aromatic carbocycles. The first-order valence-electron chi connectivity index (χ1n) is 6.61. The quantitative estimate of drug-likeness (QED) is 0.333. The van der Waals surface area contributed by atoms with Crippen molar-refractivity contribution in [2.24, 2.45) is 0 Å². The number of amides is 1. The van der Waals surface area contributed by atoms with Crippen molar-refractivity contribution in [2.75, 3.05) is 5.32 Å². The molecule has 0 fully saturated rings. The third kappa shape index (κ3) is 6.31. The van der Waals surface area contributed by atoms with Crippen LogP contribution in [0.15, 0.2) is 45.5 Å². The molecule has 5 nitrogen and oxygen atoms in total. The van der Waals surface area contributed by atoms with Gasteiger partial charge in [-0.3, -0.25) is 4.79 Å². The molecule has 2 aromatic rings. The molecule has 0 bridgehead atoms. The molecule has 2 rings (SSSR count). The minimum absolute atomic E-state index is 0.0188. The van der Waals surface area contributed by atoms with Crippen molar-refractivity contribution in [1.29, 1.82) is 0 Å². The fraction of sp³-hybridized carbons (Fsp3) is 0.143. The Morgan fingerprint density at radius 2 is 1.80 bits per heavy atom. The van der Waals surface area contributed by atoms with E-state index < -0.39 is 15.9 Å². The number of benzene rings is 1. The summed E-state index contributed by atoms with van der Waals surface area (Å²) in [5, 5.41) is 7.98. The van der Waals surface area contributed by atoms with Crippen molar-refractivity contribution in [1.82, 2.24) is 10.6 Å². The summed E-state index contributed by atoms with van der Waals surface area (Å²) >= 11 is 25.8. The van der Waals surface area contributed by atoms with E-state index in [1.165, 1.54) is 30.3 Å². The number of anilines is 1. The number of nitrogens with one attached hydrogen (secondary N) is 3. The second-order valence-corrected chi connectivity index (χ2v) is 8.22. The van der Waals surface area contributed by atoms with Crippen LogP contribution < -0.4 is 16.0 Å². The van der Waals surface area contributed by atoms with E-state index in [-0.39, 0.29) is 16.7 Å². The molecule has 3 N–H and O–H groups in total. The first-order chi connectivity index (χ1) is 11.6. The van der Waals surface area contributed by atoms with E-state index in [0.717, 1.165) is 0 Å². The van der Waals surface area contributed by atoms with Crippen LogP contribution in [0, 0.1) is 5.82 Å². The Morgan fingerprint density at radius 1 is 1.16 bits per heavy atom. The average Bonchev–Trinajstić information content (AvgIpc) is 2.94. The van der Waals surface area contributed by atoms with Crippen molar-refractivity contribution in [3.05, 3.63) is 52.6 Å². The zero-order valence-corrected chi connectivity index (χ0v) is 16.8. The second-order valence-electron chi connectivity index (χ2n) is 4.66. The van der Waals surface area contributed by atoms with Crippen LogP contribution in [0.4, 0.5) is 10.1 Å². The molecule has 11 heteroatoms. The largest absolute Gasteiger partial charge is 0.444 e. The van der Waals surface area contributed by atoms with Crippen LogP contribution in [0.2, 0.25) is 0 Å². The van der Waals surface area contributed by atoms with Gasteiger partial charge >= 0.3 is 0 Å². The summed E-state index contributed by atoms with van der Waals surface area (Å²) in [7, 11) is 0. The van der Waals surface area contributed by atoms with Gasteiger partial charge in [0, 0.05) is 5.69 Å². The summed E-state index contributed by atoms with van der Waals surface area (Å²) in [5.74, 6) is -0.982. The minimum atomic E-state index is -1.91. The predicted octanol–water partition coefficient (Wildman–Crippen LogP) is 4.59. The Bertz CT molecular complexity index is 767. The Balaban J connectivity index is 2.03. The SMILES string of the molecule is O=C(N[C@@H](NC(=S)Nc1ccc(F)cc1)C(Cl)(Cl)Cl)c1ccc(Br)o1. The molecule has 1 aromatic heterocycles. The summed E-state index contributed by atoms with van der Waals surface area (Å²) < 4.78 is 16.5. The van der Waals surface area contributed by atoms with E-state index in [9.17, 15) is 9.18 Å². The fourth-order valence-corrected chi connectivity index (χ4v) is 2.54. The maximum Gasteiger partial charge on any atom is 0.288 e. The van der Waals surface area contributed by atoms with Crippen molar-refractivity contribution < 1.29 is 13.6 Å². The van der Waals surface area contributed by atoms with Crippen LogP contribution in [0.5, 0.6) is 0 Å². The Labute approximate surface area is 171 Å². The van der Waals surface area contributed by atoms with Gasteiger partial charge in [0.15, 0.2) is 15.5 Å². The summed E-state index contributed by atoms with van der Waals surface area (Å²) in [5.41, 5.74) is 0.517. The van der Waals surface area contributed by atoms with Gasteiger partial charge in [0.1, 0.15) is 12.0 Å². The number of carbonyl (C=O) groups is 1. The maximum atomic E-state index is 12.9. The van der Waals surface area contributed by atoms with E-state index >= 15 is 0 Å². The van der Waals surface area contributed by atoms with Gasteiger partial charge in [-0.05, 0) is 64.5 Å². The third-order valence-electron chi connectivity index (χ3n) is 2.78. The first-order valence-corrected chi connectivity index (χ1v) is 8.94. The Hall–Kier alpha value is -1.06. The van der Waals surface area contributed by atoms with E-state index in [4.69, 9.17) is 51.4 Å². The zero-order chi connectivity index (χ0) is 18.6. The molecule has 0 unspecified atom stereocenters. The molecule has 1 atom stereocenters. The molecule has 134 valence electrons. The van der Waals surface area contributed by atoms with Gasteiger partial charge in [0.05, 0.1) is 0 Å². The molecule has 0 saturated carbocycles. The minimum Gasteiger partial charge on any atom is -0.444 e. The first kappa shape index (κ1) is 20.3. The molecule has 0 aliphatic rings. The van der Waals surface area contributed by atoms with Crippen molar-refractivity contribution in [2.45, 2.75) is 9.96 Å². The molecule has 0 radical (unpaired) electrons. The normalized spacial score (nSPS) is 12.4. The maximum absolute atomic E-state index is 12.9. The van der Waals surface area contributed by atoms with Crippen molar-refractivity contribution >= 4 is 79.7 Å². The molecule has 1 heterocycles. The van der Waals surface area contributed by atoms with Gasteiger partial charge in [-0.25, -0.2) is 4.39 Å². The third-order valence-corrected chi connectivity index (χ3v) is 4.08. The Kier molecular flexibility index (Phi) is 6.93. The summed E-state index contributed by atoms with van der Waals surface area (Å²) in [6.07, 6.45) is -1.16. The van der Waals surface area contributed by atoms with Crippen LogP contribution in [0.1, 0.15) is 10.6 Å².